The third-order valence-electron chi connectivity index (χ3n) is 1.34. The highest BCUT2D eigenvalue weighted by atomic mass is 31.1. The highest BCUT2D eigenvalue weighted by molar-refractivity contribution is 7.35. The number of para-hydroxylation sites is 1. The minimum atomic E-state index is 0.874. The Morgan fingerprint density at radius 2 is 2.10 bits per heavy atom. The Bertz CT molecular complexity index is 232. The van der Waals surface area contributed by atoms with Crippen molar-refractivity contribution in [1.29, 1.82) is 0 Å². The Balaban J connectivity index is 2.91. The van der Waals surface area contributed by atoms with Crippen molar-refractivity contribution < 1.29 is 0 Å². The summed E-state index contributed by atoms with van der Waals surface area (Å²) in [5, 5.41) is 0. The first kappa shape index (κ1) is 7.30. The summed E-state index contributed by atoms with van der Waals surface area (Å²) in [6.45, 7) is 0. The fourth-order valence-corrected chi connectivity index (χ4v) is 1.33. The lowest BCUT2D eigenvalue weighted by atomic mass is 10.2. The summed E-state index contributed by atoms with van der Waals surface area (Å²) < 4.78 is 0. The van der Waals surface area contributed by atoms with Crippen molar-refractivity contribution in [2.24, 2.45) is 0 Å². The van der Waals surface area contributed by atoms with E-state index < -0.39 is 0 Å². The van der Waals surface area contributed by atoms with Gasteiger partial charge in [-0.05, 0) is 11.6 Å². The fourth-order valence-electron chi connectivity index (χ4n) is 0.799. The molecule has 0 radical (unpaired) electrons. The molecule has 1 nitrogen and oxygen atoms in total. The molecule has 0 bridgehead atoms. The highest BCUT2D eigenvalue weighted by Gasteiger charge is 1.92. The van der Waals surface area contributed by atoms with Crippen LogP contribution in [0.4, 0.5) is 5.69 Å². The molecule has 0 aliphatic rings. The summed E-state index contributed by atoms with van der Waals surface area (Å²) in [6, 6.07) is 7.89. The van der Waals surface area contributed by atoms with E-state index >= 15 is 0 Å². The average Bonchev–Trinajstić information content (AvgIpc) is 1.94. The van der Waals surface area contributed by atoms with Gasteiger partial charge in [-0.25, -0.2) is 0 Å². The molecule has 0 aromatic heterocycles. The van der Waals surface area contributed by atoms with Crippen LogP contribution in [0.3, 0.4) is 0 Å². The molecule has 0 amide bonds. The van der Waals surface area contributed by atoms with Crippen LogP contribution in [0.2, 0.25) is 0 Å². The zero-order valence-corrected chi connectivity index (χ0v) is 6.64. The van der Waals surface area contributed by atoms with Gasteiger partial charge in [-0.1, -0.05) is 24.5 Å². The molecule has 0 saturated heterocycles. The molecule has 1 aromatic carbocycles. The van der Waals surface area contributed by atoms with Gasteiger partial charge in [0.1, 0.15) is 0 Å². The third-order valence-corrected chi connectivity index (χ3v) is 1.90. The van der Waals surface area contributed by atoms with Crippen LogP contribution >= 0.6 is 8.20 Å². The second kappa shape index (κ2) is 3.38. The summed E-state index contributed by atoms with van der Waals surface area (Å²) in [5.41, 5.74) is 7.74. The molecule has 0 unspecified atom stereocenters. The first-order valence-corrected chi connectivity index (χ1v) is 4.37. The van der Waals surface area contributed by atoms with E-state index in [1.54, 1.807) is 0 Å². The minimum Gasteiger partial charge on any atom is -0.398 e. The molecule has 0 saturated carbocycles. The summed E-state index contributed by atoms with van der Waals surface area (Å²) in [4.78, 5) is 0. The molecule has 0 heterocycles. The number of hydrogen-bond acceptors (Lipinski definition) is 1. The largest absolute Gasteiger partial charge is 0.398 e. The van der Waals surface area contributed by atoms with E-state index in [2.05, 4.69) is 6.30 Å². The quantitative estimate of drug-likeness (QED) is 0.508. The second-order valence-corrected chi connectivity index (χ2v) is 2.84. The normalized spacial score (nSPS) is 10.0. The molecule has 52 valence electrons. The maximum absolute atomic E-state index is 5.67. The maximum atomic E-state index is 5.67. The van der Waals surface area contributed by atoms with E-state index in [4.69, 9.17) is 5.73 Å². The lowest BCUT2D eigenvalue weighted by Crippen LogP contribution is -1.89. The molecule has 1 aromatic rings. The van der Waals surface area contributed by atoms with Crippen molar-refractivity contribution in [2.75, 3.05) is 5.73 Å². The molecule has 0 atom stereocenters. The van der Waals surface area contributed by atoms with Gasteiger partial charge in [0.15, 0.2) is 0 Å². The number of rotatable bonds is 2. The van der Waals surface area contributed by atoms with E-state index in [0.717, 1.165) is 20.1 Å². The van der Waals surface area contributed by atoms with Crippen molar-refractivity contribution in [2.45, 2.75) is 6.16 Å². The van der Waals surface area contributed by atoms with Gasteiger partial charge in [0.2, 0.25) is 0 Å². The van der Waals surface area contributed by atoms with E-state index in [1.807, 2.05) is 24.3 Å². The van der Waals surface area contributed by atoms with Crippen LogP contribution in [0.25, 0.3) is 0 Å². The molecule has 0 spiro atoms. The number of anilines is 1. The third kappa shape index (κ3) is 1.58. The molecular weight excluding hydrogens is 141 g/mol. The molecule has 1 rings (SSSR count). The smallest absolute Gasteiger partial charge is 0.0353 e. The van der Waals surface area contributed by atoms with Gasteiger partial charge in [-0.15, -0.1) is 8.20 Å². The summed E-state index contributed by atoms with van der Waals surface area (Å²) in [5.74, 6) is 0. The summed E-state index contributed by atoms with van der Waals surface area (Å²) in [6.07, 6.45) is 4.69. The Labute approximate surface area is 62.7 Å². The van der Waals surface area contributed by atoms with Crippen molar-refractivity contribution in [3.8, 4) is 0 Å². The van der Waals surface area contributed by atoms with Crippen molar-refractivity contribution in [3.05, 3.63) is 29.8 Å². The van der Waals surface area contributed by atoms with Crippen LogP contribution in [-0.2, 0) is 6.16 Å². The Kier molecular flexibility index (Phi) is 2.47. The first-order valence-electron chi connectivity index (χ1n) is 3.10. The molecule has 0 fully saturated rings. The van der Waals surface area contributed by atoms with Gasteiger partial charge in [0.25, 0.3) is 0 Å². The Morgan fingerprint density at radius 1 is 1.40 bits per heavy atom. The molecule has 2 heteroatoms. The SMILES string of the molecule is C=PCc1ccccc1N. The summed E-state index contributed by atoms with van der Waals surface area (Å²) in [7, 11) is 1.12. The van der Waals surface area contributed by atoms with Crippen molar-refractivity contribution >= 4 is 20.2 Å². The van der Waals surface area contributed by atoms with E-state index in [1.165, 1.54) is 5.56 Å². The second-order valence-electron chi connectivity index (χ2n) is 2.08. The number of hydrogen-bond donors (Lipinski definition) is 1. The standard InChI is InChI=1S/C8H10NP/c1-10-6-7-4-2-3-5-8(7)9/h2-5H,1,6,9H2. The van der Waals surface area contributed by atoms with Crippen LogP contribution < -0.4 is 5.73 Å². The molecule has 2 N–H and O–H groups in total. The van der Waals surface area contributed by atoms with Crippen molar-refractivity contribution in [1.82, 2.24) is 0 Å². The van der Waals surface area contributed by atoms with Gasteiger partial charge in [-0.2, -0.15) is 0 Å². The van der Waals surface area contributed by atoms with Crippen LogP contribution in [0, 0.1) is 0 Å². The van der Waals surface area contributed by atoms with Gasteiger partial charge in [0, 0.05) is 11.8 Å². The number of nitrogen functional groups attached to an aromatic ring is 1. The van der Waals surface area contributed by atoms with E-state index in [-0.39, 0.29) is 0 Å². The van der Waals surface area contributed by atoms with Gasteiger partial charge in [0.05, 0.1) is 0 Å². The van der Waals surface area contributed by atoms with Gasteiger partial charge in [-0.3, -0.25) is 0 Å². The van der Waals surface area contributed by atoms with Crippen LogP contribution in [0.1, 0.15) is 5.56 Å². The minimum absolute atomic E-state index is 0.874. The lowest BCUT2D eigenvalue weighted by molar-refractivity contribution is 1.42. The van der Waals surface area contributed by atoms with Crippen molar-refractivity contribution in [3.63, 3.8) is 0 Å². The number of benzene rings is 1. The summed E-state index contributed by atoms with van der Waals surface area (Å²) >= 11 is 0. The lowest BCUT2D eigenvalue weighted by Gasteiger charge is -1.98. The Morgan fingerprint density at radius 3 is 2.70 bits per heavy atom. The van der Waals surface area contributed by atoms with Gasteiger partial charge < -0.3 is 5.73 Å². The van der Waals surface area contributed by atoms with Gasteiger partial charge >= 0.3 is 0 Å². The molecule has 10 heavy (non-hydrogen) atoms. The predicted octanol–water partition coefficient (Wildman–Crippen LogP) is 2.15. The molecule has 0 aliphatic heterocycles. The zero-order valence-electron chi connectivity index (χ0n) is 5.75. The predicted molar refractivity (Wildman–Crippen MR) is 48.6 cm³/mol. The number of nitrogens with two attached hydrogens (primary N) is 1. The Hall–Kier alpha value is -0.810. The van der Waals surface area contributed by atoms with E-state index in [0.29, 0.717) is 0 Å². The molecule has 0 aliphatic carbocycles. The topological polar surface area (TPSA) is 26.0 Å². The highest BCUT2D eigenvalue weighted by Crippen LogP contribution is 2.15. The van der Waals surface area contributed by atoms with Crippen LogP contribution in [0.5, 0.6) is 0 Å². The van der Waals surface area contributed by atoms with Crippen LogP contribution in [0.15, 0.2) is 24.3 Å². The average molecular weight is 151 g/mol. The maximum Gasteiger partial charge on any atom is 0.0353 e. The fraction of sp³-hybridized carbons (Fsp3) is 0.125. The zero-order chi connectivity index (χ0) is 7.40. The van der Waals surface area contributed by atoms with E-state index in [9.17, 15) is 0 Å². The molecular formula is C8H10NP. The van der Waals surface area contributed by atoms with Crippen LogP contribution in [-0.4, -0.2) is 6.30 Å². The first-order chi connectivity index (χ1) is 4.84. The monoisotopic (exact) mass is 151 g/mol.